The standard InChI is InChI=1S/C52H42N2/c1-35-14-7-11-22-49(35)54-50-23-12-9-20-45(50)46-33-39(26-31-51(46)54)37-24-27-40(28-25-37)53(41-18-13-17-38(32-41)36-15-5-4-6-16-36)42-29-30-44-43-19-8-10-21-47(43)52(2,3)48(44)34-42/h4-35,49H,1-3H3. The SMILES string of the molecule is CC1C=CC=CC1n1c2ccccc2c2cc(-c3ccc(N(c4cccc(-c5ccccc5)c4)c4ccc5c(c4)C(C)(C)c4ccccc4-5)cc3)ccc21. The van der Waals surface area contributed by atoms with Crippen molar-refractivity contribution in [2.45, 2.75) is 32.2 Å². The Morgan fingerprint density at radius 3 is 1.94 bits per heavy atom. The maximum Gasteiger partial charge on any atom is 0.0585 e. The minimum atomic E-state index is -0.0901. The summed E-state index contributed by atoms with van der Waals surface area (Å²) in [6.45, 7) is 7.02. The van der Waals surface area contributed by atoms with Crippen LogP contribution in [0.2, 0.25) is 0 Å². The molecule has 10 rings (SSSR count). The summed E-state index contributed by atoms with van der Waals surface area (Å²) in [6.07, 6.45) is 9.00. The molecule has 0 amide bonds. The van der Waals surface area contributed by atoms with Gasteiger partial charge in [0.2, 0.25) is 0 Å². The first-order valence-electron chi connectivity index (χ1n) is 19.1. The molecule has 2 heteroatoms. The highest BCUT2D eigenvalue weighted by Gasteiger charge is 2.35. The molecule has 1 heterocycles. The molecule has 54 heavy (non-hydrogen) atoms. The molecule has 0 radical (unpaired) electrons. The van der Waals surface area contributed by atoms with Gasteiger partial charge in [-0.15, -0.1) is 0 Å². The van der Waals surface area contributed by atoms with Crippen molar-refractivity contribution in [1.82, 2.24) is 4.57 Å². The van der Waals surface area contributed by atoms with Gasteiger partial charge in [0.1, 0.15) is 0 Å². The van der Waals surface area contributed by atoms with Crippen molar-refractivity contribution < 1.29 is 0 Å². The van der Waals surface area contributed by atoms with Gasteiger partial charge >= 0.3 is 0 Å². The van der Waals surface area contributed by atoms with Crippen molar-refractivity contribution in [1.29, 1.82) is 0 Å². The molecule has 2 atom stereocenters. The number of hydrogen-bond acceptors (Lipinski definition) is 1. The van der Waals surface area contributed by atoms with Crippen LogP contribution in [0, 0.1) is 5.92 Å². The van der Waals surface area contributed by atoms with Gasteiger partial charge in [0.05, 0.1) is 6.04 Å². The third-order valence-corrected chi connectivity index (χ3v) is 11.9. The molecule has 0 bridgehead atoms. The summed E-state index contributed by atoms with van der Waals surface area (Å²) in [7, 11) is 0. The monoisotopic (exact) mass is 694 g/mol. The molecule has 0 N–H and O–H groups in total. The number of anilines is 3. The average Bonchev–Trinajstić information content (AvgIpc) is 3.67. The van der Waals surface area contributed by atoms with Crippen molar-refractivity contribution in [3.05, 3.63) is 199 Å². The molecule has 0 aliphatic heterocycles. The number of fused-ring (bicyclic) bond motifs is 6. The zero-order valence-corrected chi connectivity index (χ0v) is 30.9. The smallest absolute Gasteiger partial charge is 0.0585 e. The second-order valence-corrected chi connectivity index (χ2v) is 15.4. The summed E-state index contributed by atoms with van der Waals surface area (Å²) in [6, 6.07) is 60.8. The van der Waals surface area contributed by atoms with E-state index in [2.05, 4.69) is 218 Å². The van der Waals surface area contributed by atoms with E-state index in [0.717, 1.165) is 17.1 Å². The Balaban J connectivity index is 1.08. The number of rotatable bonds is 6. The molecule has 2 aliphatic carbocycles. The van der Waals surface area contributed by atoms with Crippen LogP contribution >= 0.6 is 0 Å². The van der Waals surface area contributed by atoms with Gasteiger partial charge in [-0.05, 0) is 105 Å². The van der Waals surface area contributed by atoms with Crippen LogP contribution < -0.4 is 4.90 Å². The quantitative estimate of drug-likeness (QED) is 0.168. The van der Waals surface area contributed by atoms with Crippen molar-refractivity contribution in [2.75, 3.05) is 4.90 Å². The summed E-state index contributed by atoms with van der Waals surface area (Å²) in [4.78, 5) is 2.42. The lowest BCUT2D eigenvalue weighted by atomic mass is 9.82. The molecule has 2 nitrogen and oxygen atoms in total. The van der Waals surface area contributed by atoms with Gasteiger partial charge in [0.25, 0.3) is 0 Å². The predicted octanol–water partition coefficient (Wildman–Crippen LogP) is 14.2. The molecule has 0 spiro atoms. The largest absolute Gasteiger partial charge is 0.333 e. The lowest BCUT2D eigenvalue weighted by Gasteiger charge is -2.28. The topological polar surface area (TPSA) is 8.17 Å². The van der Waals surface area contributed by atoms with E-state index in [1.165, 1.54) is 66.3 Å². The molecular weight excluding hydrogens is 653 g/mol. The highest BCUT2D eigenvalue weighted by Crippen LogP contribution is 2.51. The first kappa shape index (κ1) is 32.3. The molecule has 0 saturated carbocycles. The van der Waals surface area contributed by atoms with Crippen LogP contribution in [-0.4, -0.2) is 4.57 Å². The number of para-hydroxylation sites is 1. The Kier molecular flexibility index (Phi) is 7.56. The van der Waals surface area contributed by atoms with Gasteiger partial charge in [0, 0.05) is 44.3 Å². The maximum absolute atomic E-state index is 2.53. The van der Waals surface area contributed by atoms with E-state index in [4.69, 9.17) is 0 Å². The first-order valence-corrected chi connectivity index (χ1v) is 19.1. The van der Waals surface area contributed by atoms with E-state index in [9.17, 15) is 0 Å². The molecule has 2 aliphatic rings. The van der Waals surface area contributed by atoms with Crippen LogP contribution in [0.4, 0.5) is 17.1 Å². The van der Waals surface area contributed by atoms with E-state index < -0.39 is 0 Å². The van der Waals surface area contributed by atoms with Crippen molar-refractivity contribution in [3.8, 4) is 33.4 Å². The van der Waals surface area contributed by atoms with E-state index >= 15 is 0 Å². The fourth-order valence-corrected chi connectivity index (χ4v) is 9.07. The molecule has 1 aromatic heterocycles. The predicted molar refractivity (Wildman–Crippen MR) is 229 cm³/mol. The fraction of sp³-hybridized carbons (Fsp3) is 0.115. The lowest BCUT2D eigenvalue weighted by Crippen LogP contribution is -2.16. The van der Waals surface area contributed by atoms with Crippen molar-refractivity contribution >= 4 is 38.9 Å². The van der Waals surface area contributed by atoms with E-state index in [-0.39, 0.29) is 11.5 Å². The van der Waals surface area contributed by atoms with Gasteiger partial charge in [-0.3, -0.25) is 0 Å². The first-order chi connectivity index (χ1) is 26.5. The minimum Gasteiger partial charge on any atom is -0.333 e. The summed E-state index contributed by atoms with van der Waals surface area (Å²) in [5, 5.41) is 2.59. The van der Waals surface area contributed by atoms with Crippen LogP contribution in [0.1, 0.15) is 37.9 Å². The highest BCUT2D eigenvalue weighted by atomic mass is 15.1. The Hall–Kier alpha value is -6.38. The normalized spacial score (nSPS) is 16.8. The third kappa shape index (κ3) is 5.16. The Morgan fingerprint density at radius 1 is 0.463 bits per heavy atom. The summed E-state index contributed by atoms with van der Waals surface area (Å²) < 4.78 is 2.53. The lowest BCUT2D eigenvalue weighted by molar-refractivity contribution is 0.510. The number of aromatic nitrogens is 1. The van der Waals surface area contributed by atoms with Crippen molar-refractivity contribution in [3.63, 3.8) is 0 Å². The van der Waals surface area contributed by atoms with Gasteiger partial charge < -0.3 is 9.47 Å². The maximum atomic E-state index is 2.53. The number of allylic oxidation sites excluding steroid dienone is 4. The molecule has 0 fully saturated rings. The second-order valence-electron chi connectivity index (χ2n) is 15.4. The second kappa shape index (κ2) is 12.6. The Labute approximate surface area is 318 Å². The van der Waals surface area contributed by atoms with Gasteiger partial charge in [-0.1, -0.05) is 154 Å². The molecule has 0 saturated heterocycles. The Morgan fingerprint density at radius 2 is 1.09 bits per heavy atom. The van der Waals surface area contributed by atoms with Crippen LogP contribution in [-0.2, 0) is 5.41 Å². The van der Waals surface area contributed by atoms with Crippen LogP contribution in [0.25, 0.3) is 55.2 Å². The van der Waals surface area contributed by atoms with Gasteiger partial charge in [-0.2, -0.15) is 0 Å². The van der Waals surface area contributed by atoms with Crippen molar-refractivity contribution in [2.24, 2.45) is 5.92 Å². The number of hydrogen-bond donors (Lipinski definition) is 0. The van der Waals surface area contributed by atoms with E-state index in [1.54, 1.807) is 0 Å². The summed E-state index contributed by atoms with van der Waals surface area (Å²) in [5.41, 5.74) is 16.1. The van der Waals surface area contributed by atoms with Crippen LogP contribution in [0.15, 0.2) is 188 Å². The van der Waals surface area contributed by atoms with E-state index in [1.807, 2.05) is 0 Å². The molecular formula is C52H42N2. The molecule has 2 unspecified atom stereocenters. The number of benzene rings is 7. The van der Waals surface area contributed by atoms with Gasteiger partial charge in [0.15, 0.2) is 0 Å². The van der Waals surface area contributed by atoms with E-state index in [0.29, 0.717) is 5.92 Å². The Bertz CT molecular complexity index is 2760. The van der Waals surface area contributed by atoms with Crippen LogP contribution in [0.3, 0.4) is 0 Å². The van der Waals surface area contributed by atoms with Crippen LogP contribution in [0.5, 0.6) is 0 Å². The molecule has 8 aromatic rings. The van der Waals surface area contributed by atoms with Gasteiger partial charge in [-0.25, -0.2) is 0 Å². The minimum absolute atomic E-state index is 0.0901. The number of nitrogens with zero attached hydrogens (tertiary/aromatic N) is 2. The zero-order valence-electron chi connectivity index (χ0n) is 30.9. The summed E-state index contributed by atoms with van der Waals surface area (Å²) >= 11 is 0. The zero-order chi connectivity index (χ0) is 36.4. The third-order valence-electron chi connectivity index (χ3n) is 11.9. The summed E-state index contributed by atoms with van der Waals surface area (Å²) in [5.74, 6) is 0.421. The molecule has 7 aromatic carbocycles. The molecule has 260 valence electrons. The highest BCUT2D eigenvalue weighted by molar-refractivity contribution is 6.09. The fourth-order valence-electron chi connectivity index (χ4n) is 9.07. The average molecular weight is 695 g/mol.